The van der Waals surface area contributed by atoms with Gasteiger partial charge in [0, 0.05) is 16.7 Å². The molecule has 0 aliphatic heterocycles. The molecule has 0 bridgehead atoms. The summed E-state index contributed by atoms with van der Waals surface area (Å²) in [6, 6.07) is 29.5. The molecule has 0 amide bonds. The average Bonchev–Trinajstić information content (AvgIpc) is 3.74. The molecular weight excluding hydrogens is 492 g/mol. The quantitative estimate of drug-likeness (QED) is 0.220. The number of hydrogen-bond donors (Lipinski definition) is 0. The molecule has 0 aliphatic rings. The lowest BCUT2D eigenvalue weighted by Crippen LogP contribution is -1.81. The van der Waals surface area contributed by atoms with Crippen LogP contribution in [0.4, 0.5) is 0 Å². The van der Waals surface area contributed by atoms with Crippen LogP contribution in [0.5, 0.6) is 17.2 Å². The van der Waals surface area contributed by atoms with E-state index in [4.69, 9.17) is 27.5 Å². The lowest BCUT2D eigenvalue weighted by atomic mass is 10.1. The van der Waals surface area contributed by atoms with Gasteiger partial charge in [0.2, 0.25) is 0 Å². The van der Waals surface area contributed by atoms with E-state index in [2.05, 4.69) is 0 Å². The Balaban J connectivity index is 1.47. The Bertz CT molecular complexity index is 1610. The van der Waals surface area contributed by atoms with Gasteiger partial charge in [-0.2, -0.15) is 0 Å². The molecule has 6 heteroatoms. The molecule has 0 saturated heterocycles. The van der Waals surface area contributed by atoms with Gasteiger partial charge in [0.05, 0.1) is 37.5 Å². The van der Waals surface area contributed by atoms with E-state index in [0.29, 0.717) is 16.7 Å². The Kier molecular flexibility index (Phi) is 5.33. The molecule has 0 N–H and O–H groups in total. The molecule has 6 nitrogen and oxygen atoms in total. The SMILES string of the molecule is COc1ccc(-c2cc3c(o2)c2cc(-c4ccc(OC)cc4)oc2c2cc(-c4ccc(OC)cc4)oc32)cc1. The Morgan fingerprint density at radius 1 is 0.385 bits per heavy atom. The zero-order chi connectivity index (χ0) is 26.5. The van der Waals surface area contributed by atoms with E-state index >= 15 is 0 Å². The van der Waals surface area contributed by atoms with Gasteiger partial charge in [-0.3, -0.25) is 0 Å². The fourth-order valence-corrected chi connectivity index (χ4v) is 4.97. The first kappa shape index (κ1) is 23.0. The van der Waals surface area contributed by atoms with Gasteiger partial charge in [0.25, 0.3) is 0 Å². The molecule has 0 saturated carbocycles. The first-order valence-corrected chi connectivity index (χ1v) is 12.5. The van der Waals surface area contributed by atoms with E-state index in [1.54, 1.807) is 21.3 Å². The summed E-state index contributed by atoms with van der Waals surface area (Å²) in [7, 11) is 4.96. The maximum atomic E-state index is 6.48. The van der Waals surface area contributed by atoms with Crippen molar-refractivity contribution in [1.82, 2.24) is 0 Å². The van der Waals surface area contributed by atoms with Gasteiger partial charge in [-0.25, -0.2) is 0 Å². The third-order valence-corrected chi connectivity index (χ3v) is 7.05. The fraction of sp³-hybridized carbons (Fsp3) is 0.0909. The number of benzene rings is 4. The van der Waals surface area contributed by atoms with Crippen LogP contribution in [0, 0.1) is 0 Å². The van der Waals surface area contributed by atoms with Crippen LogP contribution in [-0.4, -0.2) is 21.3 Å². The fourth-order valence-electron chi connectivity index (χ4n) is 4.97. The third kappa shape index (κ3) is 3.80. The maximum Gasteiger partial charge on any atom is 0.149 e. The standard InChI is InChI=1S/C33H24O6/c1-34-22-10-4-19(5-11-22)28-16-25-31(37-28)26-17-29(20-6-12-23(35-2)13-7-20)39-33(26)27-18-30(38-32(25)27)21-8-14-24(36-3)15-9-21/h4-18H,1-3H3. The summed E-state index contributed by atoms with van der Waals surface area (Å²) in [5, 5.41) is 2.64. The van der Waals surface area contributed by atoms with Crippen molar-refractivity contribution in [2.24, 2.45) is 0 Å². The molecule has 3 aromatic heterocycles. The summed E-state index contributed by atoms with van der Waals surface area (Å²) < 4.78 is 35.4. The Morgan fingerprint density at radius 3 is 0.872 bits per heavy atom. The Morgan fingerprint density at radius 2 is 0.641 bits per heavy atom. The molecule has 0 radical (unpaired) electrons. The van der Waals surface area contributed by atoms with E-state index in [9.17, 15) is 0 Å². The van der Waals surface area contributed by atoms with Crippen LogP contribution in [0.15, 0.2) is 104 Å². The number of methoxy groups -OCH3 is 3. The van der Waals surface area contributed by atoms with Gasteiger partial charge in [-0.15, -0.1) is 0 Å². The van der Waals surface area contributed by atoms with Crippen molar-refractivity contribution in [3.63, 3.8) is 0 Å². The van der Waals surface area contributed by atoms with Crippen molar-refractivity contribution in [2.75, 3.05) is 21.3 Å². The molecule has 3 heterocycles. The summed E-state index contributed by atoms with van der Waals surface area (Å²) in [4.78, 5) is 0. The second-order valence-electron chi connectivity index (χ2n) is 9.25. The van der Waals surface area contributed by atoms with Crippen LogP contribution in [-0.2, 0) is 0 Å². The van der Waals surface area contributed by atoms with Crippen molar-refractivity contribution >= 4 is 32.9 Å². The molecule has 7 aromatic rings. The van der Waals surface area contributed by atoms with Gasteiger partial charge >= 0.3 is 0 Å². The second kappa shape index (κ2) is 9.03. The summed E-state index contributed by atoms with van der Waals surface area (Å²) >= 11 is 0. The van der Waals surface area contributed by atoms with Crippen LogP contribution < -0.4 is 14.2 Å². The first-order valence-electron chi connectivity index (χ1n) is 12.5. The Labute approximate surface area is 223 Å². The molecule has 4 aromatic carbocycles. The second-order valence-corrected chi connectivity index (χ2v) is 9.25. The number of furan rings is 3. The van der Waals surface area contributed by atoms with Crippen LogP contribution in [0.2, 0.25) is 0 Å². The number of fused-ring (bicyclic) bond motifs is 6. The molecule has 0 spiro atoms. The van der Waals surface area contributed by atoms with Gasteiger partial charge in [-0.1, -0.05) is 0 Å². The lowest BCUT2D eigenvalue weighted by Gasteiger charge is -2.00. The average molecular weight is 517 g/mol. The highest BCUT2D eigenvalue weighted by atomic mass is 16.5. The minimum atomic E-state index is 0.711. The summed E-state index contributed by atoms with van der Waals surface area (Å²) in [6.45, 7) is 0. The number of ether oxygens (including phenoxy) is 3. The van der Waals surface area contributed by atoms with Gasteiger partial charge in [0.1, 0.15) is 51.3 Å². The van der Waals surface area contributed by atoms with Crippen LogP contribution in [0.25, 0.3) is 66.9 Å². The number of rotatable bonds is 6. The summed E-state index contributed by atoms with van der Waals surface area (Å²) in [5.74, 6) is 4.56. The van der Waals surface area contributed by atoms with Crippen molar-refractivity contribution in [3.8, 4) is 51.2 Å². The topological polar surface area (TPSA) is 67.1 Å². The van der Waals surface area contributed by atoms with Crippen molar-refractivity contribution in [1.29, 1.82) is 0 Å². The predicted molar refractivity (Wildman–Crippen MR) is 152 cm³/mol. The van der Waals surface area contributed by atoms with Gasteiger partial charge in [0.15, 0.2) is 0 Å². The molecule has 39 heavy (non-hydrogen) atoms. The van der Waals surface area contributed by atoms with Crippen molar-refractivity contribution < 1.29 is 27.5 Å². The lowest BCUT2D eigenvalue weighted by molar-refractivity contribution is 0.414. The zero-order valence-corrected chi connectivity index (χ0v) is 21.6. The monoisotopic (exact) mass is 516 g/mol. The Hall–Kier alpha value is -5.10. The van der Waals surface area contributed by atoms with Gasteiger partial charge in [-0.05, 0) is 91.0 Å². The summed E-state index contributed by atoms with van der Waals surface area (Å²) in [5.41, 5.74) is 4.95. The van der Waals surface area contributed by atoms with E-state index in [1.165, 1.54) is 0 Å². The van der Waals surface area contributed by atoms with E-state index in [1.807, 2.05) is 91.0 Å². The normalized spacial score (nSPS) is 11.5. The minimum absolute atomic E-state index is 0.711. The minimum Gasteiger partial charge on any atom is -0.497 e. The highest BCUT2D eigenvalue weighted by Crippen LogP contribution is 2.45. The highest BCUT2D eigenvalue weighted by Gasteiger charge is 2.22. The molecule has 0 unspecified atom stereocenters. The first-order chi connectivity index (χ1) is 19.1. The van der Waals surface area contributed by atoms with E-state index < -0.39 is 0 Å². The molecule has 0 aliphatic carbocycles. The third-order valence-electron chi connectivity index (χ3n) is 7.05. The molecule has 0 fully saturated rings. The van der Waals surface area contributed by atoms with E-state index in [0.717, 1.165) is 67.4 Å². The smallest absolute Gasteiger partial charge is 0.149 e. The van der Waals surface area contributed by atoms with Gasteiger partial charge < -0.3 is 27.5 Å². The van der Waals surface area contributed by atoms with Crippen molar-refractivity contribution in [3.05, 3.63) is 91.0 Å². The largest absolute Gasteiger partial charge is 0.497 e. The van der Waals surface area contributed by atoms with E-state index in [-0.39, 0.29) is 0 Å². The molecule has 0 atom stereocenters. The van der Waals surface area contributed by atoms with Crippen molar-refractivity contribution in [2.45, 2.75) is 0 Å². The molecule has 192 valence electrons. The predicted octanol–water partition coefficient (Wildman–Crippen LogP) is 8.95. The zero-order valence-electron chi connectivity index (χ0n) is 21.6. The number of hydrogen-bond acceptors (Lipinski definition) is 6. The van der Waals surface area contributed by atoms with Crippen LogP contribution in [0.3, 0.4) is 0 Å². The van der Waals surface area contributed by atoms with Crippen LogP contribution in [0.1, 0.15) is 0 Å². The molecule has 7 rings (SSSR count). The highest BCUT2D eigenvalue weighted by molar-refractivity contribution is 6.22. The van der Waals surface area contributed by atoms with Crippen LogP contribution >= 0.6 is 0 Å². The summed E-state index contributed by atoms with van der Waals surface area (Å²) in [6.07, 6.45) is 0. The maximum absolute atomic E-state index is 6.48. The molecular formula is C33H24O6.